The molecule has 1 N–H and O–H groups in total. The van der Waals surface area contributed by atoms with E-state index in [-0.39, 0.29) is 16.5 Å². The van der Waals surface area contributed by atoms with Crippen molar-refractivity contribution in [3.05, 3.63) is 26.6 Å². The number of hydrogen-bond donors (Lipinski definition) is 1. The molecule has 0 spiro atoms. The summed E-state index contributed by atoms with van der Waals surface area (Å²) in [7, 11) is 0. The van der Waals surface area contributed by atoms with Crippen molar-refractivity contribution in [1.29, 1.82) is 0 Å². The second-order valence-electron chi connectivity index (χ2n) is 2.61. The minimum Gasteiger partial charge on any atom is -0.476 e. The van der Waals surface area contributed by atoms with E-state index < -0.39 is 5.97 Å². The quantitative estimate of drug-likeness (QED) is 0.922. The number of nitrogens with zero attached hydrogens (tertiary/aromatic N) is 1. The average Bonchev–Trinajstić information content (AvgIpc) is 2.71. The van der Waals surface area contributed by atoms with Crippen molar-refractivity contribution >= 4 is 44.8 Å². The Morgan fingerprint density at radius 2 is 2.40 bits per heavy atom. The van der Waals surface area contributed by atoms with Crippen molar-refractivity contribution in [2.75, 3.05) is 0 Å². The molecule has 2 aromatic heterocycles. The first-order valence-corrected chi connectivity index (χ1v) is 5.77. The van der Waals surface area contributed by atoms with E-state index in [9.17, 15) is 4.79 Å². The van der Waals surface area contributed by atoms with Crippen LogP contribution < -0.4 is 0 Å². The second kappa shape index (κ2) is 3.96. The van der Waals surface area contributed by atoms with E-state index >= 15 is 0 Å². The number of carboxylic acids is 1. The molecule has 0 amide bonds. The average molecular weight is 309 g/mol. The van der Waals surface area contributed by atoms with Crippen molar-refractivity contribution < 1.29 is 14.4 Å². The molecule has 7 heteroatoms. The first-order chi connectivity index (χ1) is 7.09. The minimum absolute atomic E-state index is 0.0249. The molecule has 0 bridgehead atoms. The van der Waals surface area contributed by atoms with Gasteiger partial charge in [-0.25, -0.2) is 4.79 Å². The molecule has 0 aromatic carbocycles. The van der Waals surface area contributed by atoms with Crippen LogP contribution in [0.1, 0.15) is 10.5 Å². The first kappa shape index (κ1) is 10.7. The second-order valence-corrected chi connectivity index (χ2v) is 4.81. The first-order valence-electron chi connectivity index (χ1n) is 3.72. The van der Waals surface area contributed by atoms with Gasteiger partial charge in [0.15, 0.2) is 5.76 Å². The van der Waals surface area contributed by atoms with Crippen LogP contribution in [0.3, 0.4) is 0 Å². The molecule has 0 saturated heterocycles. The van der Waals surface area contributed by atoms with Crippen molar-refractivity contribution in [2.45, 2.75) is 0 Å². The Bertz CT molecular complexity index is 522. The Balaban J connectivity index is 2.50. The van der Waals surface area contributed by atoms with Gasteiger partial charge in [0.2, 0.25) is 5.69 Å². The predicted octanol–water partition coefficient (Wildman–Crippen LogP) is 3.52. The van der Waals surface area contributed by atoms with Gasteiger partial charge in [-0.15, -0.1) is 11.3 Å². The minimum atomic E-state index is -1.20. The standard InChI is InChI=1S/C8H3BrClNO3S/c9-3-1-4(15-2-3)7-5(10)6(8(12)13)11-14-7/h1-2H,(H,12,13). The van der Waals surface area contributed by atoms with E-state index in [0.29, 0.717) is 0 Å². The van der Waals surface area contributed by atoms with Gasteiger partial charge < -0.3 is 9.63 Å². The molecule has 0 unspecified atom stereocenters. The zero-order chi connectivity index (χ0) is 11.0. The van der Waals surface area contributed by atoms with Crippen LogP contribution in [0.5, 0.6) is 0 Å². The lowest BCUT2D eigenvalue weighted by Gasteiger charge is -1.88. The Kier molecular flexibility index (Phi) is 2.81. The van der Waals surface area contributed by atoms with Crippen LogP contribution in [0.2, 0.25) is 5.02 Å². The lowest BCUT2D eigenvalue weighted by atomic mass is 10.3. The molecular weight excluding hydrogens is 306 g/mol. The third-order valence-electron chi connectivity index (χ3n) is 1.63. The van der Waals surface area contributed by atoms with Gasteiger partial charge in [0, 0.05) is 9.85 Å². The Morgan fingerprint density at radius 3 is 2.87 bits per heavy atom. The van der Waals surface area contributed by atoms with Crippen molar-refractivity contribution in [2.24, 2.45) is 0 Å². The lowest BCUT2D eigenvalue weighted by molar-refractivity contribution is 0.0686. The summed E-state index contributed by atoms with van der Waals surface area (Å²) < 4.78 is 5.76. The highest BCUT2D eigenvalue weighted by Crippen LogP contribution is 2.36. The third kappa shape index (κ3) is 1.92. The summed E-state index contributed by atoms with van der Waals surface area (Å²) in [6.45, 7) is 0. The summed E-state index contributed by atoms with van der Waals surface area (Å²) in [6.07, 6.45) is 0. The number of rotatable bonds is 2. The Labute approximate surface area is 102 Å². The highest BCUT2D eigenvalue weighted by atomic mass is 79.9. The molecule has 2 heterocycles. The van der Waals surface area contributed by atoms with E-state index in [1.165, 1.54) is 11.3 Å². The zero-order valence-corrected chi connectivity index (χ0v) is 10.2. The van der Waals surface area contributed by atoms with Gasteiger partial charge in [0.05, 0.1) is 4.88 Å². The van der Waals surface area contributed by atoms with Gasteiger partial charge in [-0.3, -0.25) is 0 Å². The van der Waals surface area contributed by atoms with E-state index in [2.05, 4.69) is 21.1 Å². The molecule has 0 aliphatic carbocycles. The van der Waals surface area contributed by atoms with E-state index in [1.807, 2.05) is 5.38 Å². The molecule has 0 fully saturated rings. The van der Waals surface area contributed by atoms with Gasteiger partial charge in [0.25, 0.3) is 0 Å². The maximum atomic E-state index is 10.7. The summed E-state index contributed by atoms with van der Waals surface area (Å²) in [4.78, 5) is 11.4. The predicted molar refractivity (Wildman–Crippen MR) is 59.5 cm³/mol. The molecule has 0 radical (unpaired) electrons. The maximum absolute atomic E-state index is 10.7. The highest BCUT2D eigenvalue weighted by Gasteiger charge is 2.21. The van der Waals surface area contributed by atoms with Crippen LogP contribution in [-0.2, 0) is 0 Å². The monoisotopic (exact) mass is 307 g/mol. The smallest absolute Gasteiger partial charge is 0.359 e. The fourth-order valence-electron chi connectivity index (χ4n) is 0.997. The summed E-state index contributed by atoms with van der Waals surface area (Å²) in [5, 5.41) is 14.0. The van der Waals surface area contributed by atoms with Crippen LogP contribution in [0, 0.1) is 0 Å². The van der Waals surface area contributed by atoms with Crippen LogP contribution in [0.15, 0.2) is 20.4 Å². The van der Waals surface area contributed by atoms with Gasteiger partial charge >= 0.3 is 5.97 Å². The SMILES string of the molecule is O=C(O)c1noc(-c2cc(Br)cs2)c1Cl. The largest absolute Gasteiger partial charge is 0.476 e. The molecule has 15 heavy (non-hydrogen) atoms. The fourth-order valence-corrected chi connectivity index (χ4v) is 2.71. The summed E-state index contributed by atoms with van der Waals surface area (Å²) >= 11 is 10.5. The molecular formula is C8H3BrClNO3S. The summed E-state index contributed by atoms with van der Waals surface area (Å²) in [5.74, 6) is -0.921. The van der Waals surface area contributed by atoms with Crippen molar-refractivity contribution in [3.8, 4) is 10.6 Å². The number of aromatic carboxylic acids is 1. The third-order valence-corrected chi connectivity index (χ3v) is 3.67. The maximum Gasteiger partial charge on any atom is 0.359 e. The van der Waals surface area contributed by atoms with Gasteiger partial charge in [-0.2, -0.15) is 0 Å². The number of thiophene rings is 1. The lowest BCUT2D eigenvalue weighted by Crippen LogP contribution is -1.96. The van der Waals surface area contributed by atoms with Crippen LogP contribution in [0.4, 0.5) is 0 Å². The number of hydrogen-bond acceptors (Lipinski definition) is 4. The van der Waals surface area contributed by atoms with E-state index in [0.717, 1.165) is 9.35 Å². The van der Waals surface area contributed by atoms with Gasteiger partial charge in [0.1, 0.15) is 5.02 Å². The molecule has 2 rings (SSSR count). The fraction of sp³-hybridized carbons (Fsp3) is 0. The highest BCUT2D eigenvalue weighted by molar-refractivity contribution is 9.10. The van der Waals surface area contributed by atoms with E-state index in [4.69, 9.17) is 21.2 Å². The molecule has 0 atom stereocenters. The molecule has 0 saturated carbocycles. The van der Waals surface area contributed by atoms with Crippen molar-refractivity contribution in [1.82, 2.24) is 5.16 Å². The van der Waals surface area contributed by atoms with Crippen molar-refractivity contribution in [3.63, 3.8) is 0 Å². The number of carbonyl (C=O) groups is 1. The number of aromatic nitrogens is 1. The Hall–Kier alpha value is -0.850. The topological polar surface area (TPSA) is 63.3 Å². The molecule has 0 aliphatic rings. The zero-order valence-electron chi connectivity index (χ0n) is 7.03. The summed E-state index contributed by atoms with van der Waals surface area (Å²) in [5.41, 5.74) is -0.267. The Morgan fingerprint density at radius 1 is 1.67 bits per heavy atom. The molecule has 2 aromatic rings. The molecule has 78 valence electrons. The van der Waals surface area contributed by atoms with Gasteiger partial charge in [-0.05, 0) is 22.0 Å². The number of carboxylic acid groups (broad SMARTS) is 1. The normalized spacial score (nSPS) is 10.5. The summed E-state index contributed by atoms with van der Waals surface area (Å²) in [6, 6.07) is 1.78. The van der Waals surface area contributed by atoms with Crippen LogP contribution >= 0.6 is 38.9 Å². The molecule has 0 aliphatic heterocycles. The van der Waals surface area contributed by atoms with Crippen LogP contribution in [-0.4, -0.2) is 16.2 Å². The molecule has 4 nitrogen and oxygen atoms in total. The number of halogens is 2. The van der Waals surface area contributed by atoms with Gasteiger partial charge in [-0.1, -0.05) is 16.8 Å². The van der Waals surface area contributed by atoms with E-state index in [1.54, 1.807) is 6.07 Å². The van der Waals surface area contributed by atoms with Crippen LogP contribution in [0.25, 0.3) is 10.6 Å².